The number of hydrogen-bond acceptors (Lipinski definition) is 4. The number of aliphatic carboxylic acids is 1. The van der Waals surface area contributed by atoms with E-state index in [1.165, 1.54) is 0 Å². The van der Waals surface area contributed by atoms with Crippen LogP contribution in [0.5, 0.6) is 0 Å². The molecule has 0 saturated heterocycles. The van der Waals surface area contributed by atoms with Gasteiger partial charge in [0.1, 0.15) is 0 Å². The minimum atomic E-state index is -4.37. The van der Waals surface area contributed by atoms with Crippen molar-refractivity contribution in [2.45, 2.75) is 6.92 Å². The lowest BCUT2D eigenvalue weighted by Gasteiger charge is -1.92. The van der Waals surface area contributed by atoms with Crippen LogP contribution in [-0.2, 0) is 14.0 Å². The normalized spacial score (nSPS) is 9.60. The summed E-state index contributed by atoms with van der Waals surface area (Å²) in [6.07, 6.45) is 0. The zero-order valence-corrected chi connectivity index (χ0v) is 5.99. The highest BCUT2D eigenvalue weighted by molar-refractivity contribution is 7.46. The Kier molecular flexibility index (Phi) is 6.53. The molecule has 0 fully saturated rings. The maximum absolute atomic E-state index is 9.35. The molecule has 10 heavy (non-hydrogen) atoms. The van der Waals surface area contributed by atoms with E-state index in [9.17, 15) is 4.57 Å². The number of hydrogen-bond donors (Lipinski definition) is 4. The molecule has 0 amide bonds. The van der Waals surface area contributed by atoms with Gasteiger partial charge in [0.15, 0.2) is 0 Å². The molecule has 0 unspecified atom stereocenters. The molecule has 7 nitrogen and oxygen atoms in total. The van der Waals surface area contributed by atoms with Gasteiger partial charge in [-0.05, 0) is 0 Å². The molecule has 0 aromatic heterocycles. The molecule has 0 aliphatic carbocycles. The summed E-state index contributed by atoms with van der Waals surface area (Å²) in [5.74, 6) is 3.21. The monoisotopic (exact) mass is 173 g/mol. The van der Waals surface area contributed by atoms with Crippen molar-refractivity contribution in [1.29, 1.82) is 0 Å². The molecule has 0 heterocycles. The third-order valence-corrected chi connectivity index (χ3v) is 0.412. The van der Waals surface area contributed by atoms with Crippen molar-refractivity contribution in [3.05, 3.63) is 0 Å². The molecule has 0 radical (unpaired) electrons. The standard InChI is InChI=1S/C2H4O2.H4NO4P/c1-2(3)4;1-5-6(2,3)4/h1H3,(H,3,4);1H2,(H2,2,3,4). The minimum Gasteiger partial charge on any atom is -0.481 e. The van der Waals surface area contributed by atoms with Gasteiger partial charge in [-0.1, -0.05) is 0 Å². The van der Waals surface area contributed by atoms with E-state index in [-0.39, 0.29) is 0 Å². The van der Waals surface area contributed by atoms with Crippen molar-refractivity contribution in [1.82, 2.24) is 0 Å². The summed E-state index contributed by atoms with van der Waals surface area (Å²) >= 11 is 0. The Balaban J connectivity index is 0. The van der Waals surface area contributed by atoms with E-state index in [0.717, 1.165) is 6.92 Å². The molecular weight excluding hydrogens is 165 g/mol. The van der Waals surface area contributed by atoms with Crippen molar-refractivity contribution < 1.29 is 28.9 Å². The van der Waals surface area contributed by atoms with Gasteiger partial charge in [0.2, 0.25) is 0 Å². The average molecular weight is 173 g/mol. The zero-order valence-electron chi connectivity index (χ0n) is 5.09. The van der Waals surface area contributed by atoms with Gasteiger partial charge < -0.3 is 14.9 Å². The average Bonchev–Trinajstić information content (AvgIpc) is 1.63. The lowest BCUT2D eigenvalue weighted by atomic mass is 10.9. The number of rotatable bonds is 1. The van der Waals surface area contributed by atoms with Crippen molar-refractivity contribution in [3.63, 3.8) is 0 Å². The molecule has 8 heteroatoms. The second-order valence-corrected chi connectivity index (χ2v) is 2.31. The highest BCUT2D eigenvalue weighted by atomic mass is 31.2. The molecule has 62 valence electrons. The van der Waals surface area contributed by atoms with Crippen molar-refractivity contribution in [2.75, 3.05) is 0 Å². The number of carboxylic acid groups (broad SMARTS) is 1. The molecule has 5 N–H and O–H groups in total. The number of nitrogens with two attached hydrogens (primary N) is 1. The summed E-state index contributed by atoms with van der Waals surface area (Å²) in [5, 5.41) is 7.42. The van der Waals surface area contributed by atoms with E-state index in [1.54, 1.807) is 0 Å². The first kappa shape index (κ1) is 12.2. The third-order valence-electron chi connectivity index (χ3n) is 0.137. The Morgan fingerprint density at radius 1 is 1.60 bits per heavy atom. The third kappa shape index (κ3) is 50.0. The van der Waals surface area contributed by atoms with Gasteiger partial charge >= 0.3 is 7.82 Å². The van der Waals surface area contributed by atoms with Crippen LogP contribution in [0.4, 0.5) is 0 Å². The fourth-order valence-corrected chi connectivity index (χ4v) is 0. The largest absolute Gasteiger partial charge is 0.485 e. The summed E-state index contributed by atoms with van der Waals surface area (Å²) in [7, 11) is -4.37. The van der Waals surface area contributed by atoms with Crippen LogP contribution in [-0.4, -0.2) is 20.9 Å². The Hall–Kier alpha value is -0.460. The first-order chi connectivity index (χ1) is 4.29. The Bertz CT molecular complexity index is 135. The van der Waals surface area contributed by atoms with E-state index in [1.807, 2.05) is 0 Å². The van der Waals surface area contributed by atoms with Crippen molar-refractivity contribution in [2.24, 2.45) is 5.90 Å². The van der Waals surface area contributed by atoms with Crippen LogP contribution in [0.15, 0.2) is 0 Å². The lowest BCUT2D eigenvalue weighted by Crippen LogP contribution is -1.93. The molecule has 0 bridgehead atoms. The molecule has 0 aliphatic heterocycles. The molecule has 0 aliphatic rings. The van der Waals surface area contributed by atoms with Crippen LogP contribution in [0.1, 0.15) is 6.92 Å². The summed E-state index contributed by atoms with van der Waals surface area (Å²) < 4.78 is 12.5. The van der Waals surface area contributed by atoms with Crippen LogP contribution in [0.3, 0.4) is 0 Å². The second kappa shape index (κ2) is 5.33. The van der Waals surface area contributed by atoms with Gasteiger partial charge in [-0.15, -0.1) is 0 Å². The first-order valence-corrected chi connectivity index (χ1v) is 3.46. The van der Waals surface area contributed by atoms with E-state index < -0.39 is 13.8 Å². The molecule has 0 aromatic rings. The quantitative estimate of drug-likeness (QED) is 0.297. The van der Waals surface area contributed by atoms with Gasteiger partial charge in [-0.25, -0.2) is 15.1 Å². The summed E-state index contributed by atoms with van der Waals surface area (Å²) in [5.41, 5.74) is 0. The molecule has 0 saturated carbocycles. The van der Waals surface area contributed by atoms with Crippen LogP contribution in [0, 0.1) is 0 Å². The predicted molar refractivity (Wildman–Crippen MR) is 30.6 cm³/mol. The molecule has 0 aromatic carbocycles. The van der Waals surface area contributed by atoms with Crippen LogP contribution in [0.2, 0.25) is 0 Å². The number of phosphoric acid groups is 1. The Morgan fingerprint density at radius 3 is 1.70 bits per heavy atom. The molecule has 0 atom stereocenters. The maximum atomic E-state index is 9.35. The van der Waals surface area contributed by atoms with E-state index in [4.69, 9.17) is 19.7 Å². The van der Waals surface area contributed by atoms with Crippen LogP contribution >= 0.6 is 7.82 Å². The lowest BCUT2D eigenvalue weighted by molar-refractivity contribution is -0.134. The zero-order chi connectivity index (χ0) is 8.78. The van der Waals surface area contributed by atoms with Gasteiger partial charge in [0.05, 0.1) is 0 Å². The molecule has 0 spiro atoms. The summed E-state index contributed by atoms with van der Waals surface area (Å²) in [6, 6.07) is 0. The SMILES string of the molecule is CC(=O)O.NOP(=O)(O)O. The van der Waals surface area contributed by atoms with Gasteiger partial charge in [-0.3, -0.25) is 4.79 Å². The topological polar surface area (TPSA) is 130 Å². The minimum absolute atomic E-state index is 0.833. The van der Waals surface area contributed by atoms with Crippen LogP contribution < -0.4 is 5.90 Å². The van der Waals surface area contributed by atoms with E-state index in [2.05, 4.69) is 10.5 Å². The van der Waals surface area contributed by atoms with Gasteiger partial charge in [0, 0.05) is 6.92 Å². The van der Waals surface area contributed by atoms with E-state index >= 15 is 0 Å². The molecule has 0 rings (SSSR count). The smallest absolute Gasteiger partial charge is 0.481 e. The highest BCUT2D eigenvalue weighted by Gasteiger charge is 2.08. The predicted octanol–water partition coefficient (Wildman–Crippen LogP) is -0.940. The number of carboxylic acids is 1. The fourth-order valence-electron chi connectivity index (χ4n) is 0. The van der Waals surface area contributed by atoms with Crippen LogP contribution in [0.25, 0.3) is 0 Å². The van der Waals surface area contributed by atoms with E-state index in [0.29, 0.717) is 0 Å². The second-order valence-electron chi connectivity index (χ2n) is 1.12. The summed E-state index contributed by atoms with van der Waals surface area (Å²) in [6.45, 7) is 1.08. The Labute approximate surface area is 56.6 Å². The summed E-state index contributed by atoms with van der Waals surface area (Å²) in [4.78, 5) is 24.2. The fraction of sp³-hybridized carbons (Fsp3) is 0.500. The first-order valence-electron chi connectivity index (χ1n) is 1.93. The van der Waals surface area contributed by atoms with Gasteiger partial charge in [-0.2, -0.15) is 0 Å². The van der Waals surface area contributed by atoms with Gasteiger partial charge in [0.25, 0.3) is 5.97 Å². The van der Waals surface area contributed by atoms with Crippen molar-refractivity contribution >= 4 is 13.8 Å². The maximum Gasteiger partial charge on any atom is 0.485 e. The molecular formula is C2H8NO6P. The number of carbonyl (C=O) groups is 1. The highest BCUT2D eigenvalue weighted by Crippen LogP contribution is 2.32. The Morgan fingerprint density at radius 2 is 1.70 bits per heavy atom. The van der Waals surface area contributed by atoms with Crippen molar-refractivity contribution in [3.8, 4) is 0 Å².